The Morgan fingerprint density at radius 3 is 2.35 bits per heavy atom. The van der Waals surface area contributed by atoms with Crippen molar-refractivity contribution in [3.8, 4) is 0 Å². The zero-order valence-electron chi connectivity index (χ0n) is 11.7. The molecule has 1 heterocycles. The molecule has 5 nitrogen and oxygen atoms in total. The Labute approximate surface area is 140 Å². The van der Waals surface area contributed by atoms with Crippen molar-refractivity contribution in [2.75, 3.05) is 0 Å². The molecule has 23 heavy (non-hydrogen) atoms. The van der Waals surface area contributed by atoms with Crippen molar-refractivity contribution in [3.05, 3.63) is 75.4 Å². The predicted molar refractivity (Wildman–Crippen MR) is 88.1 cm³/mol. The zero-order chi connectivity index (χ0) is 16.4. The number of ether oxygens (including phenoxy) is 1. The van der Waals surface area contributed by atoms with Crippen LogP contribution in [-0.2, 0) is 9.53 Å². The van der Waals surface area contributed by atoms with Crippen LogP contribution in [0.3, 0.4) is 0 Å². The maximum absolute atomic E-state index is 11.9. The van der Waals surface area contributed by atoms with Crippen molar-refractivity contribution in [2.24, 2.45) is 4.99 Å². The number of hydrogen-bond donors (Lipinski definition) is 1. The van der Waals surface area contributed by atoms with E-state index in [1.807, 2.05) is 12.1 Å². The second-order valence-corrected chi connectivity index (χ2v) is 5.69. The molecule has 0 amide bonds. The van der Waals surface area contributed by atoms with E-state index in [1.165, 1.54) is 12.1 Å². The molecule has 0 aliphatic carbocycles. The van der Waals surface area contributed by atoms with Crippen LogP contribution in [0.4, 0.5) is 0 Å². The van der Waals surface area contributed by atoms with Crippen LogP contribution < -0.4 is 0 Å². The van der Waals surface area contributed by atoms with Crippen molar-refractivity contribution in [1.82, 2.24) is 0 Å². The topological polar surface area (TPSA) is 76.0 Å². The molecule has 0 saturated carbocycles. The van der Waals surface area contributed by atoms with Crippen LogP contribution >= 0.6 is 15.9 Å². The van der Waals surface area contributed by atoms with E-state index in [-0.39, 0.29) is 17.2 Å². The molecule has 1 aliphatic rings. The molecule has 114 valence electrons. The number of nitrogens with zero attached hydrogens (tertiary/aromatic N) is 1. The van der Waals surface area contributed by atoms with Crippen molar-refractivity contribution in [3.63, 3.8) is 0 Å². The van der Waals surface area contributed by atoms with E-state index in [1.54, 1.807) is 30.3 Å². The molecule has 2 aromatic rings. The van der Waals surface area contributed by atoms with Gasteiger partial charge in [0, 0.05) is 10.0 Å². The summed E-state index contributed by atoms with van der Waals surface area (Å²) in [4.78, 5) is 26.9. The molecule has 2 aromatic carbocycles. The zero-order valence-corrected chi connectivity index (χ0v) is 13.3. The van der Waals surface area contributed by atoms with Gasteiger partial charge in [-0.2, -0.15) is 0 Å². The SMILES string of the molecule is O=C1OC(c2ccc(Br)cc2)=N/C1=C\c1ccc(C(=O)O)cc1. The van der Waals surface area contributed by atoms with Crippen LogP contribution in [0.25, 0.3) is 6.08 Å². The highest BCUT2D eigenvalue weighted by Gasteiger charge is 2.24. The van der Waals surface area contributed by atoms with Gasteiger partial charge in [0.25, 0.3) is 0 Å². The lowest BCUT2D eigenvalue weighted by molar-refractivity contribution is -0.129. The van der Waals surface area contributed by atoms with Crippen molar-refractivity contribution in [2.45, 2.75) is 0 Å². The number of carboxylic acid groups (broad SMARTS) is 1. The number of carbonyl (C=O) groups excluding carboxylic acids is 1. The van der Waals surface area contributed by atoms with Crippen LogP contribution in [0.2, 0.25) is 0 Å². The summed E-state index contributed by atoms with van der Waals surface area (Å²) < 4.78 is 6.08. The molecule has 0 fully saturated rings. The standard InChI is InChI=1S/C17H10BrNO4/c18-13-7-5-11(6-8-13)15-19-14(17(22)23-15)9-10-1-3-12(4-2-10)16(20)21/h1-9H,(H,20,21)/b14-9-. The Morgan fingerprint density at radius 2 is 1.74 bits per heavy atom. The Morgan fingerprint density at radius 1 is 1.09 bits per heavy atom. The third-order valence-corrected chi connectivity index (χ3v) is 3.70. The average Bonchev–Trinajstić information content (AvgIpc) is 2.89. The van der Waals surface area contributed by atoms with Gasteiger partial charge in [-0.25, -0.2) is 14.6 Å². The highest BCUT2D eigenvalue weighted by atomic mass is 79.9. The number of aliphatic imine (C=N–C) groups is 1. The number of halogens is 1. The minimum absolute atomic E-state index is 0.172. The van der Waals surface area contributed by atoms with Gasteiger partial charge in [-0.15, -0.1) is 0 Å². The average molecular weight is 372 g/mol. The van der Waals surface area contributed by atoms with Crippen LogP contribution in [0.15, 0.2) is 63.7 Å². The second-order valence-electron chi connectivity index (χ2n) is 4.77. The minimum Gasteiger partial charge on any atom is -0.478 e. The van der Waals surface area contributed by atoms with Gasteiger partial charge < -0.3 is 9.84 Å². The third kappa shape index (κ3) is 3.37. The van der Waals surface area contributed by atoms with E-state index < -0.39 is 11.9 Å². The number of rotatable bonds is 3. The van der Waals surface area contributed by atoms with E-state index >= 15 is 0 Å². The summed E-state index contributed by atoms with van der Waals surface area (Å²) in [6, 6.07) is 13.4. The fraction of sp³-hybridized carbons (Fsp3) is 0. The van der Waals surface area contributed by atoms with Crippen LogP contribution in [0, 0.1) is 0 Å². The molecule has 0 spiro atoms. The molecule has 0 unspecified atom stereocenters. The first-order chi connectivity index (χ1) is 11.0. The van der Waals surface area contributed by atoms with Gasteiger partial charge in [0.2, 0.25) is 5.90 Å². The van der Waals surface area contributed by atoms with Gasteiger partial charge in [0.15, 0.2) is 5.70 Å². The second kappa shape index (κ2) is 6.18. The first-order valence-electron chi connectivity index (χ1n) is 6.65. The van der Waals surface area contributed by atoms with E-state index in [2.05, 4.69) is 20.9 Å². The Kier molecular flexibility index (Phi) is 4.08. The van der Waals surface area contributed by atoms with Gasteiger partial charge in [0.05, 0.1) is 5.56 Å². The highest BCUT2D eigenvalue weighted by molar-refractivity contribution is 9.10. The van der Waals surface area contributed by atoms with Gasteiger partial charge in [-0.3, -0.25) is 0 Å². The number of carboxylic acids is 1. The van der Waals surface area contributed by atoms with Crippen molar-refractivity contribution < 1.29 is 19.4 Å². The number of benzene rings is 2. The summed E-state index contributed by atoms with van der Waals surface area (Å²) in [6.07, 6.45) is 1.56. The molecule has 0 saturated heterocycles. The summed E-state index contributed by atoms with van der Waals surface area (Å²) in [5, 5.41) is 8.87. The molecule has 3 rings (SSSR count). The lowest BCUT2D eigenvalue weighted by Crippen LogP contribution is -2.05. The quantitative estimate of drug-likeness (QED) is 0.661. The Bertz CT molecular complexity index is 836. The number of hydrogen-bond acceptors (Lipinski definition) is 4. The summed E-state index contributed by atoms with van der Waals surface area (Å²) in [6.45, 7) is 0. The fourth-order valence-electron chi connectivity index (χ4n) is 2.00. The number of esters is 1. The van der Waals surface area contributed by atoms with Crippen molar-refractivity contribution in [1.29, 1.82) is 0 Å². The first kappa shape index (κ1) is 15.2. The molecule has 1 aliphatic heterocycles. The first-order valence-corrected chi connectivity index (χ1v) is 7.44. The van der Waals surface area contributed by atoms with Gasteiger partial charge >= 0.3 is 11.9 Å². The molecule has 0 atom stereocenters. The van der Waals surface area contributed by atoms with Gasteiger partial charge in [-0.05, 0) is 48.0 Å². The summed E-state index contributed by atoms with van der Waals surface area (Å²) >= 11 is 3.34. The van der Waals surface area contributed by atoms with E-state index in [4.69, 9.17) is 9.84 Å². The minimum atomic E-state index is -1.000. The number of carbonyl (C=O) groups is 2. The largest absolute Gasteiger partial charge is 0.478 e. The summed E-state index contributed by atoms with van der Waals surface area (Å²) in [5.41, 5.74) is 1.72. The van der Waals surface area contributed by atoms with E-state index in [0.29, 0.717) is 11.1 Å². The Hall–Kier alpha value is -2.73. The smallest absolute Gasteiger partial charge is 0.363 e. The van der Waals surface area contributed by atoms with Crippen LogP contribution in [-0.4, -0.2) is 22.9 Å². The normalized spacial score (nSPS) is 15.4. The van der Waals surface area contributed by atoms with E-state index in [0.717, 1.165) is 4.47 Å². The Balaban J connectivity index is 1.88. The maximum atomic E-state index is 11.9. The molecule has 0 bridgehead atoms. The fourth-order valence-corrected chi connectivity index (χ4v) is 2.27. The molecule has 6 heteroatoms. The molecule has 1 N–H and O–H groups in total. The monoisotopic (exact) mass is 371 g/mol. The molecular weight excluding hydrogens is 362 g/mol. The third-order valence-electron chi connectivity index (χ3n) is 3.17. The van der Waals surface area contributed by atoms with Crippen molar-refractivity contribution >= 4 is 39.8 Å². The predicted octanol–water partition coefficient (Wildman–Crippen LogP) is 3.49. The molecule has 0 aromatic heterocycles. The van der Waals surface area contributed by atoms with Crippen LogP contribution in [0.1, 0.15) is 21.5 Å². The molecule has 0 radical (unpaired) electrons. The lowest BCUT2D eigenvalue weighted by atomic mass is 10.1. The summed E-state index contributed by atoms with van der Waals surface area (Å²) in [5.74, 6) is -1.29. The lowest BCUT2D eigenvalue weighted by Gasteiger charge is -1.98. The molecular formula is C17H10BrNO4. The number of aromatic carboxylic acids is 1. The van der Waals surface area contributed by atoms with Gasteiger partial charge in [0.1, 0.15) is 0 Å². The number of cyclic esters (lactones) is 1. The maximum Gasteiger partial charge on any atom is 0.363 e. The van der Waals surface area contributed by atoms with Gasteiger partial charge in [-0.1, -0.05) is 28.1 Å². The summed E-state index contributed by atoms with van der Waals surface area (Å²) in [7, 11) is 0. The highest BCUT2D eigenvalue weighted by Crippen LogP contribution is 2.20. The van der Waals surface area contributed by atoms with E-state index in [9.17, 15) is 9.59 Å². The van der Waals surface area contributed by atoms with Crippen LogP contribution in [0.5, 0.6) is 0 Å².